The van der Waals surface area contributed by atoms with Gasteiger partial charge >= 0.3 is 0 Å². The third-order valence-corrected chi connectivity index (χ3v) is 7.37. The highest BCUT2D eigenvalue weighted by atomic mass is 35.5. The fraction of sp³-hybridized carbons (Fsp3) is 0.522. The summed E-state index contributed by atoms with van der Waals surface area (Å²) in [5, 5.41) is 12.9. The van der Waals surface area contributed by atoms with Crippen LogP contribution < -0.4 is 4.74 Å². The molecule has 4 rings (SSSR count). The molecule has 0 unspecified atom stereocenters. The predicted molar refractivity (Wildman–Crippen MR) is 120 cm³/mol. The molecule has 1 N–H and O–H groups in total. The molecule has 0 bridgehead atoms. The van der Waals surface area contributed by atoms with E-state index in [2.05, 4.69) is 11.0 Å². The number of nitrogens with zero attached hydrogens (tertiary/aromatic N) is 2. The Morgan fingerprint density at radius 2 is 2.10 bits per heavy atom. The Morgan fingerprint density at radius 3 is 2.87 bits per heavy atom. The van der Waals surface area contributed by atoms with E-state index >= 15 is 0 Å². The molecule has 2 aliphatic heterocycles. The van der Waals surface area contributed by atoms with Gasteiger partial charge in [-0.1, -0.05) is 17.7 Å². The van der Waals surface area contributed by atoms with Crippen molar-refractivity contribution in [2.24, 2.45) is 0 Å². The van der Waals surface area contributed by atoms with Crippen LogP contribution in [0.1, 0.15) is 41.3 Å². The summed E-state index contributed by atoms with van der Waals surface area (Å²) < 4.78 is 11.5. The molecular formula is C23H29ClN2O3S. The van der Waals surface area contributed by atoms with Gasteiger partial charge in [-0.3, -0.25) is 4.90 Å². The third kappa shape index (κ3) is 5.42. The molecule has 0 amide bonds. The third-order valence-electron chi connectivity index (χ3n) is 5.79. The minimum atomic E-state index is -0.861. The highest BCUT2D eigenvalue weighted by molar-refractivity contribution is 7.11. The monoisotopic (exact) mass is 448 g/mol. The van der Waals surface area contributed by atoms with Crippen LogP contribution in [0.3, 0.4) is 0 Å². The molecule has 1 atom stereocenters. The van der Waals surface area contributed by atoms with E-state index in [-0.39, 0.29) is 0 Å². The Morgan fingerprint density at radius 1 is 1.27 bits per heavy atom. The number of aromatic nitrogens is 1. The Balaban J connectivity index is 1.38. The molecule has 0 spiro atoms. The molecule has 162 valence electrons. The quantitative estimate of drug-likeness (QED) is 0.649. The number of thiazole rings is 1. The predicted octanol–water partition coefficient (Wildman–Crippen LogP) is 4.70. The second-order valence-corrected chi connectivity index (χ2v) is 9.66. The maximum Gasteiger partial charge on any atom is 0.125 e. The molecule has 1 fully saturated rings. The molecule has 5 nitrogen and oxygen atoms in total. The van der Waals surface area contributed by atoms with Crippen LogP contribution in [-0.4, -0.2) is 47.8 Å². The zero-order chi connectivity index (χ0) is 21.0. The Labute approximate surface area is 187 Å². The number of rotatable bonds is 6. The maximum absolute atomic E-state index is 11.4. The van der Waals surface area contributed by atoms with Gasteiger partial charge in [-0.25, -0.2) is 4.98 Å². The summed E-state index contributed by atoms with van der Waals surface area (Å²) in [6.07, 6.45) is 5.71. The Hall–Kier alpha value is -1.44. The Bertz CT molecular complexity index is 883. The Kier molecular flexibility index (Phi) is 7.11. The van der Waals surface area contributed by atoms with E-state index in [9.17, 15) is 5.11 Å². The normalized spacial score (nSPS) is 23.1. The summed E-state index contributed by atoms with van der Waals surface area (Å²) in [4.78, 5) is 8.22. The first-order valence-corrected chi connectivity index (χ1v) is 11.8. The minimum absolute atomic E-state index is 0.446. The molecule has 2 aliphatic rings. The van der Waals surface area contributed by atoms with Crippen LogP contribution in [0.2, 0.25) is 5.02 Å². The average molecular weight is 449 g/mol. The summed E-state index contributed by atoms with van der Waals surface area (Å²) in [7, 11) is 0. The van der Waals surface area contributed by atoms with Gasteiger partial charge in [-0.15, -0.1) is 11.3 Å². The fourth-order valence-electron chi connectivity index (χ4n) is 3.99. The second kappa shape index (κ2) is 9.79. The van der Waals surface area contributed by atoms with Crippen LogP contribution >= 0.6 is 22.9 Å². The first kappa shape index (κ1) is 21.8. The van der Waals surface area contributed by atoms with Crippen molar-refractivity contribution in [1.29, 1.82) is 0 Å². The maximum atomic E-state index is 11.4. The first-order chi connectivity index (χ1) is 14.5. The van der Waals surface area contributed by atoms with Crippen molar-refractivity contribution >= 4 is 22.9 Å². The van der Waals surface area contributed by atoms with E-state index in [0.29, 0.717) is 18.1 Å². The smallest absolute Gasteiger partial charge is 0.125 e. The van der Waals surface area contributed by atoms with Crippen molar-refractivity contribution < 1.29 is 14.6 Å². The van der Waals surface area contributed by atoms with Gasteiger partial charge in [0.05, 0.1) is 23.8 Å². The van der Waals surface area contributed by atoms with Gasteiger partial charge in [0.15, 0.2) is 0 Å². The van der Waals surface area contributed by atoms with E-state index in [1.807, 2.05) is 31.2 Å². The van der Waals surface area contributed by atoms with E-state index in [4.69, 9.17) is 26.1 Å². The van der Waals surface area contributed by atoms with E-state index in [1.165, 1.54) is 5.57 Å². The molecule has 0 radical (unpaired) electrons. The SMILES string of the molecule is Cc1nc([C@]2(O)CCCN(CC3=CCCOC3)CC2)sc1COc1ccc(Cl)cc1. The van der Waals surface area contributed by atoms with Crippen LogP contribution in [-0.2, 0) is 16.9 Å². The van der Waals surface area contributed by atoms with Crippen molar-refractivity contribution in [2.45, 2.75) is 44.8 Å². The lowest BCUT2D eigenvalue weighted by atomic mass is 9.96. The zero-order valence-corrected chi connectivity index (χ0v) is 19.0. The summed E-state index contributed by atoms with van der Waals surface area (Å²) in [5.74, 6) is 0.776. The van der Waals surface area contributed by atoms with Crippen LogP contribution in [0.4, 0.5) is 0 Å². The second-order valence-electron chi connectivity index (χ2n) is 8.14. The molecule has 30 heavy (non-hydrogen) atoms. The van der Waals surface area contributed by atoms with Gasteiger partial charge < -0.3 is 14.6 Å². The fourth-order valence-corrected chi connectivity index (χ4v) is 5.24. The van der Waals surface area contributed by atoms with Crippen LogP contribution in [0.5, 0.6) is 5.75 Å². The molecule has 1 aromatic carbocycles. The molecule has 1 aromatic heterocycles. The molecule has 0 aliphatic carbocycles. The molecule has 1 saturated heterocycles. The molecule has 0 saturated carbocycles. The van der Waals surface area contributed by atoms with E-state index in [0.717, 1.165) is 73.4 Å². The highest BCUT2D eigenvalue weighted by Gasteiger charge is 2.35. The summed E-state index contributed by atoms with van der Waals surface area (Å²) in [6.45, 7) is 6.80. The summed E-state index contributed by atoms with van der Waals surface area (Å²) >= 11 is 7.50. The molecule has 2 aromatic rings. The van der Waals surface area contributed by atoms with Crippen LogP contribution in [0.25, 0.3) is 0 Å². The zero-order valence-electron chi connectivity index (χ0n) is 17.4. The van der Waals surface area contributed by atoms with Crippen molar-refractivity contribution in [2.75, 3.05) is 32.8 Å². The van der Waals surface area contributed by atoms with Gasteiger partial charge in [0.2, 0.25) is 0 Å². The minimum Gasteiger partial charge on any atom is -0.488 e. The number of hydrogen-bond acceptors (Lipinski definition) is 6. The summed E-state index contributed by atoms with van der Waals surface area (Å²) in [6, 6.07) is 7.36. The molecule has 7 heteroatoms. The lowest BCUT2D eigenvalue weighted by molar-refractivity contribution is 0.0210. The van der Waals surface area contributed by atoms with Crippen LogP contribution in [0, 0.1) is 6.92 Å². The number of hydrogen-bond donors (Lipinski definition) is 1. The number of aryl methyl sites for hydroxylation is 1. The van der Waals surface area contributed by atoms with Gasteiger partial charge in [0.25, 0.3) is 0 Å². The molecule has 3 heterocycles. The standard InChI is InChI=1S/C23H29ClN2O3S/c1-17-21(16-29-20-7-5-19(24)6-8-20)30-22(25-17)23(27)9-3-11-26(12-10-23)14-18-4-2-13-28-15-18/h4-8,27H,2-3,9-16H2,1H3/t23-/m0/s1. The number of ether oxygens (including phenoxy) is 2. The van der Waals surface area contributed by atoms with E-state index in [1.54, 1.807) is 11.3 Å². The summed E-state index contributed by atoms with van der Waals surface area (Å²) in [5.41, 5.74) is 1.43. The van der Waals surface area contributed by atoms with Crippen LogP contribution in [0.15, 0.2) is 35.9 Å². The van der Waals surface area contributed by atoms with Crippen molar-refractivity contribution in [3.05, 3.63) is 56.5 Å². The van der Waals surface area contributed by atoms with Gasteiger partial charge in [-0.2, -0.15) is 0 Å². The average Bonchev–Trinajstić information content (AvgIpc) is 3.03. The first-order valence-electron chi connectivity index (χ1n) is 10.6. The highest BCUT2D eigenvalue weighted by Crippen LogP contribution is 2.37. The van der Waals surface area contributed by atoms with Crippen molar-refractivity contribution in [3.63, 3.8) is 0 Å². The number of halogens is 1. The largest absolute Gasteiger partial charge is 0.488 e. The lowest BCUT2D eigenvalue weighted by Crippen LogP contribution is -2.31. The molecular weight excluding hydrogens is 420 g/mol. The topological polar surface area (TPSA) is 54.8 Å². The number of likely N-dealkylation sites (tertiary alicyclic amines) is 1. The van der Waals surface area contributed by atoms with Gasteiger partial charge in [0, 0.05) is 18.1 Å². The van der Waals surface area contributed by atoms with Gasteiger partial charge in [0.1, 0.15) is 23.0 Å². The lowest BCUT2D eigenvalue weighted by Gasteiger charge is -2.26. The number of aliphatic hydroxyl groups is 1. The van der Waals surface area contributed by atoms with Gasteiger partial charge in [-0.05, 0) is 69.0 Å². The van der Waals surface area contributed by atoms with Crippen molar-refractivity contribution in [1.82, 2.24) is 9.88 Å². The number of benzene rings is 1. The van der Waals surface area contributed by atoms with Crippen molar-refractivity contribution in [3.8, 4) is 5.75 Å². The van der Waals surface area contributed by atoms with E-state index < -0.39 is 5.60 Å².